The third-order valence-corrected chi connectivity index (χ3v) is 4.55. The second-order valence-electron chi connectivity index (χ2n) is 4.34. The van der Waals surface area contributed by atoms with Crippen LogP contribution in [0.4, 0.5) is 0 Å². The predicted octanol–water partition coefficient (Wildman–Crippen LogP) is 5.48. The Labute approximate surface area is 135 Å². The molecular weight excluding hydrogens is 426 g/mol. The van der Waals surface area contributed by atoms with Crippen LogP contribution in [-0.2, 0) is 4.74 Å². The molecule has 0 aromatic heterocycles. The molecule has 1 aliphatic rings. The van der Waals surface area contributed by atoms with Crippen LogP contribution in [0.25, 0.3) is 0 Å². The van der Waals surface area contributed by atoms with Crippen molar-refractivity contribution in [1.82, 2.24) is 4.90 Å². The minimum atomic E-state index is 0.310. The van der Waals surface area contributed by atoms with E-state index in [-0.39, 0.29) is 0 Å². The van der Waals surface area contributed by atoms with Crippen LogP contribution in [0, 0.1) is 0 Å². The molecule has 18 heavy (non-hydrogen) atoms. The van der Waals surface area contributed by atoms with Gasteiger partial charge in [0.15, 0.2) is 6.73 Å². The SMILES string of the molecule is CCCCN1COC(C(Br)CCC)=CC1=C(Br)Br. The van der Waals surface area contributed by atoms with Gasteiger partial charge in [-0.1, -0.05) is 42.6 Å². The van der Waals surface area contributed by atoms with Gasteiger partial charge >= 0.3 is 0 Å². The van der Waals surface area contributed by atoms with E-state index < -0.39 is 0 Å². The van der Waals surface area contributed by atoms with Crippen LogP contribution in [0.3, 0.4) is 0 Å². The third kappa shape index (κ3) is 4.89. The summed E-state index contributed by atoms with van der Waals surface area (Å²) in [6.07, 6.45) is 6.72. The molecule has 1 aliphatic heterocycles. The topological polar surface area (TPSA) is 12.5 Å². The van der Waals surface area contributed by atoms with Gasteiger partial charge in [-0.2, -0.15) is 0 Å². The first-order valence-electron chi connectivity index (χ1n) is 6.38. The zero-order valence-electron chi connectivity index (χ0n) is 10.9. The molecule has 0 aromatic rings. The maximum absolute atomic E-state index is 5.85. The molecule has 2 nitrogen and oxygen atoms in total. The smallest absolute Gasteiger partial charge is 0.161 e. The molecule has 0 bridgehead atoms. The summed E-state index contributed by atoms with van der Waals surface area (Å²) in [5, 5.41) is 0. The molecule has 1 rings (SSSR count). The van der Waals surface area contributed by atoms with Crippen LogP contribution >= 0.6 is 47.8 Å². The van der Waals surface area contributed by atoms with E-state index in [1.165, 1.54) is 18.5 Å². The lowest BCUT2D eigenvalue weighted by Crippen LogP contribution is -2.31. The van der Waals surface area contributed by atoms with Crippen LogP contribution in [0.1, 0.15) is 39.5 Å². The van der Waals surface area contributed by atoms with Crippen molar-refractivity contribution in [2.45, 2.75) is 44.4 Å². The van der Waals surface area contributed by atoms with Gasteiger partial charge in [-0.3, -0.25) is 0 Å². The number of halogens is 3. The van der Waals surface area contributed by atoms with E-state index in [0.717, 1.165) is 28.5 Å². The van der Waals surface area contributed by atoms with Gasteiger partial charge in [0.2, 0.25) is 0 Å². The third-order valence-electron chi connectivity index (χ3n) is 2.83. The molecule has 0 amide bonds. The second kappa shape index (κ2) is 8.64. The van der Waals surface area contributed by atoms with Gasteiger partial charge in [-0.05, 0) is 44.7 Å². The Morgan fingerprint density at radius 3 is 2.67 bits per heavy atom. The number of hydrogen-bond acceptors (Lipinski definition) is 2. The minimum Gasteiger partial charge on any atom is -0.476 e. The number of nitrogens with zero attached hydrogens (tertiary/aromatic N) is 1. The molecule has 1 atom stereocenters. The first kappa shape index (κ1) is 16.6. The van der Waals surface area contributed by atoms with Gasteiger partial charge in [0.05, 0.1) is 13.9 Å². The Bertz CT molecular complexity index is 324. The van der Waals surface area contributed by atoms with Gasteiger partial charge in [0.25, 0.3) is 0 Å². The van der Waals surface area contributed by atoms with Crippen LogP contribution < -0.4 is 0 Å². The summed E-state index contributed by atoms with van der Waals surface area (Å²) >= 11 is 10.7. The highest BCUT2D eigenvalue weighted by atomic mass is 79.9. The fourth-order valence-electron chi connectivity index (χ4n) is 1.77. The average molecular weight is 446 g/mol. The van der Waals surface area contributed by atoms with Crippen LogP contribution in [-0.4, -0.2) is 23.0 Å². The van der Waals surface area contributed by atoms with E-state index >= 15 is 0 Å². The van der Waals surface area contributed by atoms with Gasteiger partial charge in [0.1, 0.15) is 5.76 Å². The van der Waals surface area contributed by atoms with Gasteiger partial charge in [-0.15, -0.1) is 0 Å². The van der Waals surface area contributed by atoms with Crippen molar-refractivity contribution in [3.63, 3.8) is 0 Å². The zero-order valence-corrected chi connectivity index (χ0v) is 15.6. The lowest BCUT2D eigenvalue weighted by molar-refractivity contribution is 0.0802. The summed E-state index contributed by atoms with van der Waals surface area (Å²) in [6.45, 7) is 6.04. The molecule has 0 aliphatic carbocycles. The van der Waals surface area contributed by atoms with Crippen molar-refractivity contribution in [2.75, 3.05) is 13.3 Å². The number of alkyl halides is 1. The summed E-state index contributed by atoms with van der Waals surface area (Å²) in [7, 11) is 0. The van der Waals surface area contributed by atoms with Crippen molar-refractivity contribution in [1.29, 1.82) is 0 Å². The maximum Gasteiger partial charge on any atom is 0.161 e. The van der Waals surface area contributed by atoms with E-state index in [9.17, 15) is 0 Å². The number of hydrogen-bond donors (Lipinski definition) is 0. The van der Waals surface area contributed by atoms with Crippen molar-refractivity contribution in [3.05, 3.63) is 20.9 Å². The highest BCUT2D eigenvalue weighted by molar-refractivity contribution is 9.28. The van der Waals surface area contributed by atoms with Crippen LogP contribution in [0.5, 0.6) is 0 Å². The van der Waals surface area contributed by atoms with Crippen LogP contribution in [0.15, 0.2) is 20.9 Å². The van der Waals surface area contributed by atoms with Gasteiger partial charge in [-0.25, -0.2) is 0 Å². The molecule has 1 unspecified atom stereocenters. The molecule has 0 saturated carbocycles. The quantitative estimate of drug-likeness (QED) is 0.502. The Balaban J connectivity index is 2.80. The molecular formula is C13H20Br3NO. The summed E-state index contributed by atoms with van der Waals surface area (Å²) < 4.78 is 6.84. The highest BCUT2D eigenvalue weighted by Gasteiger charge is 2.22. The molecule has 5 heteroatoms. The Morgan fingerprint density at radius 1 is 1.39 bits per heavy atom. The van der Waals surface area contributed by atoms with Crippen molar-refractivity contribution >= 4 is 47.8 Å². The Hall–Kier alpha value is 0.520. The van der Waals surface area contributed by atoms with Crippen molar-refractivity contribution < 1.29 is 4.74 Å². The number of unbranched alkanes of at least 4 members (excludes halogenated alkanes) is 1. The highest BCUT2D eigenvalue weighted by Crippen LogP contribution is 2.31. The molecule has 0 fully saturated rings. The number of allylic oxidation sites excluding steroid dienone is 2. The van der Waals surface area contributed by atoms with E-state index in [1.807, 2.05) is 0 Å². The van der Waals surface area contributed by atoms with Gasteiger partial charge < -0.3 is 9.64 Å². The normalized spacial score (nSPS) is 17.3. The molecule has 0 spiro atoms. The van der Waals surface area contributed by atoms with Crippen molar-refractivity contribution in [3.8, 4) is 0 Å². The van der Waals surface area contributed by atoms with Crippen molar-refractivity contribution in [2.24, 2.45) is 0 Å². The fourth-order valence-corrected chi connectivity index (χ4v) is 3.23. The predicted molar refractivity (Wildman–Crippen MR) is 88.2 cm³/mol. The minimum absolute atomic E-state index is 0.310. The van der Waals surface area contributed by atoms with E-state index in [1.54, 1.807) is 0 Å². The largest absolute Gasteiger partial charge is 0.476 e. The molecule has 1 heterocycles. The number of ether oxygens (including phenoxy) is 1. The average Bonchev–Trinajstić information content (AvgIpc) is 2.36. The van der Waals surface area contributed by atoms with Crippen LogP contribution in [0.2, 0.25) is 0 Å². The van der Waals surface area contributed by atoms with Gasteiger partial charge in [0, 0.05) is 12.6 Å². The molecule has 0 saturated heterocycles. The molecule has 0 N–H and O–H groups in total. The Morgan fingerprint density at radius 2 is 2.11 bits per heavy atom. The maximum atomic E-state index is 5.85. The van der Waals surface area contributed by atoms with E-state index in [4.69, 9.17) is 4.74 Å². The number of rotatable bonds is 6. The first-order valence-corrected chi connectivity index (χ1v) is 8.89. The fraction of sp³-hybridized carbons (Fsp3) is 0.692. The zero-order chi connectivity index (χ0) is 13.5. The lowest BCUT2D eigenvalue weighted by atomic mass is 10.2. The molecule has 0 radical (unpaired) electrons. The van der Waals surface area contributed by atoms with E-state index in [0.29, 0.717) is 11.6 Å². The lowest BCUT2D eigenvalue weighted by Gasteiger charge is -2.32. The summed E-state index contributed by atoms with van der Waals surface area (Å²) in [5.41, 5.74) is 1.17. The summed E-state index contributed by atoms with van der Waals surface area (Å²) in [4.78, 5) is 2.56. The molecule has 0 aromatic carbocycles. The summed E-state index contributed by atoms with van der Waals surface area (Å²) in [5.74, 6) is 1.02. The second-order valence-corrected chi connectivity index (χ2v) is 8.09. The first-order chi connectivity index (χ1) is 8.60. The standard InChI is InChI=1S/C13H20Br3NO/c1-3-5-7-17-9-18-12(10(14)6-4-2)8-11(17)13(15)16/h8,10H,3-7,9H2,1-2H3. The monoisotopic (exact) mass is 443 g/mol. The Kier molecular flexibility index (Phi) is 7.96. The molecule has 104 valence electrons. The van der Waals surface area contributed by atoms with E-state index in [2.05, 4.69) is 72.6 Å². The summed E-state index contributed by atoms with van der Waals surface area (Å²) in [6, 6.07) is 0.